The first kappa shape index (κ1) is 29.2. The molecule has 1 amide bonds. The van der Waals surface area contributed by atoms with E-state index in [2.05, 4.69) is 16.5 Å². The molecule has 1 aliphatic heterocycles. The minimum absolute atomic E-state index is 0.0321. The number of nitrogens with two attached hydrogens (primary N) is 1. The summed E-state index contributed by atoms with van der Waals surface area (Å²) in [6.07, 6.45) is -4.47. The van der Waals surface area contributed by atoms with Gasteiger partial charge in [0.15, 0.2) is 0 Å². The molecule has 0 atom stereocenters. The molecule has 0 bridgehead atoms. The lowest BCUT2D eigenvalue weighted by Crippen LogP contribution is -2.27. The summed E-state index contributed by atoms with van der Waals surface area (Å²) in [5, 5.41) is 14.0. The average Bonchev–Trinajstić information content (AvgIpc) is 3.21. The van der Waals surface area contributed by atoms with Crippen LogP contribution in [0.3, 0.4) is 0 Å². The van der Waals surface area contributed by atoms with E-state index < -0.39 is 23.9 Å². The van der Waals surface area contributed by atoms with Crippen molar-refractivity contribution in [3.63, 3.8) is 0 Å². The van der Waals surface area contributed by atoms with Crippen molar-refractivity contribution < 1.29 is 36.6 Å². The molecule has 0 saturated heterocycles. The Morgan fingerprint density at radius 2 is 1.82 bits per heavy atom. The van der Waals surface area contributed by atoms with Crippen LogP contribution < -0.4 is 16.7 Å². The smallest absolute Gasteiger partial charge is 0.475 e. The average molecular weight is 553 g/mol. The van der Waals surface area contributed by atoms with Crippen molar-refractivity contribution in [2.45, 2.75) is 39.0 Å². The number of fused-ring (bicyclic) bond motifs is 1. The van der Waals surface area contributed by atoms with Crippen molar-refractivity contribution in [2.24, 2.45) is 5.73 Å². The number of benzene rings is 2. The first-order valence-corrected chi connectivity index (χ1v) is 11.5. The van der Waals surface area contributed by atoms with Crippen LogP contribution in [0.1, 0.15) is 23.1 Å². The second kappa shape index (κ2) is 12.0. The van der Waals surface area contributed by atoms with Gasteiger partial charge in [-0.3, -0.25) is 9.36 Å². The molecule has 208 valence electrons. The maximum Gasteiger partial charge on any atom is 0.490 e. The molecule has 0 aliphatic carbocycles. The molecule has 0 radical (unpaired) electrons. The number of halogens is 5. The summed E-state index contributed by atoms with van der Waals surface area (Å²) in [6, 6.07) is 11.9. The molecule has 1 aliphatic rings. The van der Waals surface area contributed by atoms with Crippen LogP contribution in [-0.2, 0) is 29.1 Å². The van der Waals surface area contributed by atoms with Gasteiger partial charge in [-0.25, -0.2) is 14.3 Å². The minimum atomic E-state index is -5.08. The summed E-state index contributed by atoms with van der Waals surface area (Å²) < 4.78 is 59.8. The maximum atomic E-state index is 12.9. The number of amides is 1. The zero-order valence-electron chi connectivity index (χ0n) is 20.6. The molecule has 1 aromatic heterocycles. The van der Waals surface area contributed by atoms with Crippen molar-refractivity contribution in [1.29, 1.82) is 0 Å². The molecule has 2 aromatic carbocycles. The van der Waals surface area contributed by atoms with E-state index in [0.717, 1.165) is 38.2 Å². The van der Waals surface area contributed by atoms with E-state index in [0.29, 0.717) is 12.8 Å². The van der Waals surface area contributed by atoms with E-state index in [1.165, 1.54) is 10.9 Å². The lowest BCUT2D eigenvalue weighted by Gasteiger charge is -2.20. The van der Waals surface area contributed by atoms with Crippen molar-refractivity contribution in [3.8, 4) is 11.1 Å². The van der Waals surface area contributed by atoms with Crippen LogP contribution in [0, 0.1) is 6.92 Å². The van der Waals surface area contributed by atoms with Gasteiger partial charge in [-0.15, -0.1) is 0 Å². The van der Waals surface area contributed by atoms with Gasteiger partial charge in [0, 0.05) is 24.2 Å². The molecular weight excluding hydrogens is 529 g/mol. The number of alkyl halides is 3. The van der Waals surface area contributed by atoms with Gasteiger partial charge in [-0.05, 0) is 59.4 Å². The van der Waals surface area contributed by atoms with Gasteiger partial charge in [0.2, 0.25) is 5.91 Å². The number of carbonyl (C=O) groups is 2. The zero-order valence-corrected chi connectivity index (χ0v) is 20.6. The first-order valence-electron chi connectivity index (χ1n) is 11.5. The summed E-state index contributed by atoms with van der Waals surface area (Å²) >= 11 is 0. The summed E-state index contributed by atoms with van der Waals surface area (Å²) in [4.78, 5) is 33.1. The molecule has 0 spiro atoms. The Morgan fingerprint density at radius 1 is 1.13 bits per heavy atom. The maximum absolute atomic E-state index is 12.9. The third-order valence-electron chi connectivity index (χ3n) is 5.81. The number of nitrogens with one attached hydrogen (secondary N) is 1. The van der Waals surface area contributed by atoms with E-state index in [9.17, 15) is 31.5 Å². The van der Waals surface area contributed by atoms with E-state index in [1.54, 1.807) is 0 Å². The number of aromatic nitrogens is 3. The van der Waals surface area contributed by atoms with Gasteiger partial charge in [0.25, 0.3) is 6.08 Å². The first-order chi connectivity index (χ1) is 18.3. The fourth-order valence-electron chi connectivity index (χ4n) is 3.87. The molecule has 4 N–H and O–H groups in total. The van der Waals surface area contributed by atoms with Crippen LogP contribution >= 0.6 is 0 Å². The Morgan fingerprint density at radius 3 is 2.44 bits per heavy atom. The van der Waals surface area contributed by atoms with Crippen LogP contribution in [0.2, 0.25) is 0 Å². The molecule has 14 heteroatoms. The van der Waals surface area contributed by atoms with Crippen LogP contribution in [0.4, 0.5) is 27.6 Å². The topological polar surface area (TPSA) is 132 Å². The van der Waals surface area contributed by atoms with Crippen LogP contribution in [0.25, 0.3) is 11.1 Å². The van der Waals surface area contributed by atoms with Gasteiger partial charge in [0.1, 0.15) is 6.33 Å². The Hall–Kier alpha value is -4.33. The van der Waals surface area contributed by atoms with E-state index in [-0.39, 0.29) is 31.1 Å². The highest BCUT2D eigenvalue weighted by Crippen LogP contribution is 2.32. The molecule has 0 saturated carbocycles. The Kier molecular flexibility index (Phi) is 9.01. The van der Waals surface area contributed by atoms with Crippen molar-refractivity contribution in [3.05, 3.63) is 81.6 Å². The fraction of sp³-hybridized carbons (Fsp3) is 0.280. The molecule has 2 heterocycles. The molecular formula is C25H24F5N5O4. The lowest BCUT2D eigenvalue weighted by atomic mass is 9.93. The number of rotatable bonds is 6. The number of anilines is 1. The van der Waals surface area contributed by atoms with Crippen LogP contribution in [0.15, 0.2) is 59.2 Å². The summed E-state index contributed by atoms with van der Waals surface area (Å²) in [6.45, 7) is 1.55. The second-order valence-corrected chi connectivity index (χ2v) is 8.65. The largest absolute Gasteiger partial charge is 0.490 e. The van der Waals surface area contributed by atoms with Crippen molar-refractivity contribution >= 4 is 17.6 Å². The SMILES string of the molecule is Cc1cc(-c2cccc(Cn3cnn(CC(CN)=C(F)F)c3=O)c2)cc2c1NC(=O)CC2.O=C(O)C(F)(F)F. The van der Waals surface area contributed by atoms with Crippen LogP contribution in [0.5, 0.6) is 0 Å². The van der Waals surface area contributed by atoms with E-state index in [1.807, 2.05) is 37.3 Å². The van der Waals surface area contributed by atoms with E-state index >= 15 is 0 Å². The molecule has 0 unspecified atom stereocenters. The van der Waals surface area contributed by atoms with E-state index in [4.69, 9.17) is 15.6 Å². The quantitative estimate of drug-likeness (QED) is 0.399. The number of nitrogens with zero attached hydrogens (tertiary/aromatic N) is 3. The molecule has 39 heavy (non-hydrogen) atoms. The number of carboxylic acid groups (broad SMARTS) is 1. The Labute approximate surface area is 218 Å². The van der Waals surface area contributed by atoms with Gasteiger partial charge in [-0.2, -0.15) is 27.1 Å². The number of aryl methyl sites for hydroxylation is 2. The number of carbonyl (C=O) groups excluding carboxylic acids is 1. The van der Waals surface area contributed by atoms with Crippen LogP contribution in [-0.4, -0.2) is 44.1 Å². The number of hydrogen-bond donors (Lipinski definition) is 3. The third kappa shape index (κ3) is 7.37. The Balaban J connectivity index is 0.000000532. The van der Waals surface area contributed by atoms with Gasteiger partial charge >= 0.3 is 17.8 Å². The normalized spacial score (nSPS) is 12.6. The molecule has 9 nitrogen and oxygen atoms in total. The highest BCUT2D eigenvalue weighted by Gasteiger charge is 2.38. The standard InChI is InChI=1S/C23H23F2N5O2.C2HF3O2/c1-14-7-18(9-17-5-6-20(31)28-21(14)17)16-4-2-3-15(8-16)11-29-13-27-30(23(29)32)12-19(10-26)22(24)25;3-2(4,5)1(6)7/h2-4,7-9,13H,5-6,10-12,26H2,1H3,(H,28,31);(H,6,7). The summed E-state index contributed by atoms with van der Waals surface area (Å²) in [5.41, 5.74) is 10.4. The number of carboxylic acids is 1. The van der Waals surface area contributed by atoms with Gasteiger partial charge < -0.3 is 16.2 Å². The third-order valence-corrected chi connectivity index (χ3v) is 5.81. The predicted molar refractivity (Wildman–Crippen MR) is 131 cm³/mol. The number of hydrogen-bond acceptors (Lipinski definition) is 5. The Bertz CT molecular complexity index is 1470. The number of aliphatic carboxylic acids is 1. The molecule has 0 fully saturated rings. The predicted octanol–water partition coefficient (Wildman–Crippen LogP) is 3.70. The monoisotopic (exact) mass is 553 g/mol. The summed E-state index contributed by atoms with van der Waals surface area (Å²) in [5.74, 6) is -2.72. The molecule has 4 rings (SSSR count). The van der Waals surface area contributed by atoms with Gasteiger partial charge in [0.05, 0.1) is 13.1 Å². The fourth-order valence-corrected chi connectivity index (χ4v) is 3.87. The zero-order chi connectivity index (χ0) is 28.9. The molecule has 3 aromatic rings. The highest BCUT2D eigenvalue weighted by atomic mass is 19.4. The minimum Gasteiger partial charge on any atom is -0.475 e. The van der Waals surface area contributed by atoms with Crippen molar-refractivity contribution in [1.82, 2.24) is 14.3 Å². The van der Waals surface area contributed by atoms with Crippen molar-refractivity contribution in [2.75, 3.05) is 11.9 Å². The summed E-state index contributed by atoms with van der Waals surface area (Å²) in [7, 11) is 0. The van der Waals surface area contributed by atoms with Gasteiger partial charge in [-0.1, -0.05) is 18.2 Å². The lowest BCUT2D eigenvalue weighted by molar-refractivity contribution is -0.192. The highest BCUT2D eigenvalue weighted by molar-refractivity contribution is 5.95. The second-order valence-electron chi connectivity index (χ2n) is 8.65.